The summed E-state index contributed by atoms with van der Waals surface area (Å²) < 4.78 is 0. The lowest BCUT2D eigenvalue weighted by atomic mass is 10.3. The molecule has 9 heavy (non-hydrogen) atoms. The van der Waals surface area contributed by atoms with E-state index in [1.54, 1.807) is 0 Å². The summed E-state index contributed by atoms with van der Waals surface area (Å²) in [7, 11) is 0. The second kappa shape index (κ2) is 7.34. The summed E-state index contributed by atoms with van der Waals surface area (Å²) in [6.07, 6.45) is 0.917. The van der Waals surface area contributed by atoms with Crippen LogP contribution < -0.4 is 0 Å². The average molecular weight is 130 g/mol. The van der Waals surface area contributed by atoms with Crippen molar-refractivity contribution in [3.05, 3.63) is 0 Å². The highest BCUT2D eigenvalue weighted by Gasteiger charge is 1.79. The van der Waals surface area contributed by atoms with Crippen molar-refractivity contribution in [2.45, 2.75) is 27.7 Å². The smallest absolute Gasteiger partial charge is 0.126 e. The molecule has 0 unspecified atom stereocenters. The van der Waals surface area contributed by atoms with E-state index in [9.17, 15) is 9.59 Å². The molecular formula is C7H14O2. The molecule has 0 aliphatic rings. The minimum Gasteiger partial charge on any atom is -0.303 e. The molecule has 0 rings (SSSR count). The van der Waals surface area contributed by atoms with Crippen LogP contribution in [0.2, 0.25) is 0 Å². The molecule has 0 spiro atoms. The van der Waals surface area contributed by atoms with E-state index in [0.717, 1.165) is 6.29 Å². The maximum absolute atomic E-state index is 9.50. The van der Waals surface area contributed by atoms with Crippen LogP contribution in [0.15, 0.2) is 0 Å². The first-order chi connectivity index (χ1) is 4.00. The highest BCUT2D eigenvalue weighted by atomic mass is 16.1. The van der Waals surface area contributed by atoms with Gasteiger partial charge in [-0.05, 0) is 13.8 Å². The van der Waals surface area contributed by atoms with Gasteiger partial charge in [-0.2, -0.15) is 0 Å². The maximum atomic E-state index is 9.50. The van der Waals surface area contributed by atoms with Crippen LogP contribution in [0.25, 0.3) is 0 Å². The normalized spacial score (nSPS) is 7.67. The van der Waals surface area contributed by atoms with Crippen LogP contribution in [0.5, 0.6) is 0 Å². The van der Waals surface area contributed by atoms with Crippen LogP contribution >= 0.6 is 0 Å². The van der Waals surface area contributed by atoms with Gasteiger partial charge in [0.1, 0.15) is 12.1 Å². The first-order valence-electron chi connectivity index (χ1n) is 2.93. The van der Waals surface area contributed by atoms with Crippen LogP contribution in [-0.4, -0.2) is 12.1 Å². The predicted molar refractivity (Wildman–Crippen MR) is 37.3 cm³/mol. The Bertz CT molecular complexity index is 80.9. The van der Waals surface area contributed by atoms with Crippen LogP contribution in [-0.2, 0) is 9.59 Å². The Morgan fingerprint density at radius 2 is 1.44 bits per heavy atom. The SMILES string of the molecule is CC(C)=O.CC(C)C=O. The molecule has 0 N–H and O–H groups in total. The summed E-state index contributed by atoms with van der Waals surface area (Å²) in [5.41, 5.74) is 0. The quantitative estimate of drug-likeness (QED) is 0.503. The molecule has 0 heterocycles. The largest absolute Gasteiger partial charge is 0.303 e. The van der Waals surface area contributed by atoms with Gasteiger partial charge in [0.2, 0.25) is 0 Å². The molecule has 0 atom stereocenters. The van der Waals surface area contributed by atoms with Gasteiger partial charge in [-0.25, -0.2) is 0 Å². The highest BCUT2D eigenvalue weighted by Crippen LogP contribution is 1.78. The van der Waals surface area contributed by atoms with Gasteiger partial charge in [0.25, 0.3) is 0 Å². The summed E-state index contributed by atoms with van der Waals surface area (Å²) in [5.74, 6) is 0.370. The first-order valence-corrected chi connectivity index (χ1v) is 2.93. The number of ketones is 1. The molecular weight excluding hydrogens is 116 g/mol. The summed E-state index contributed by atoms with van der Waals surface area (Å²) in [6, 6.07) is 0. The van der Waals surface area contributed by atoms with Crippen LogP contribution in [0.3, 0.4) is 0 Å². The summed E-state index contributed by atoms with van der Waals surface area (Å²) >= 11 is 0. The van der Waals surface area contributed by atoms with Crippen molar-refractivity contribution in [2.75, 3.05) is 0 Å². The topological polar surface area (TPSA) is 34.1 Å². The number of Topliss-reactive ketones (excluding diaryl/α,β-unsaturated/α-hetero) is 1. The van der Waals surface area contributed by atoms with E-state index >= 15 is 0 Å². The Morgan fingerprint density at radius 3 is 1.44 bits per heavy atom. The molecule has 0 fully saturated rings. The van der Waals surface area contributed by atoms with Crippen molar-refractivity contribution in [3.8, 4) is 0 Å². The zero-order valence-corrected chi connectivity index (χ0v) is 6.47. The lowest BCUT2D eigenvalue weighted by Crippen LogP contribution is -1.82. The molecule has 0 amide bonds. The number of hydrogen-bond acceptors (Lipinski definition) is 2. The zero-order chi connectivity index (χ0) is 7.86. The van der Waals surface area contributed by atoms with Crippen molar-refractivity contribution < 1.29 is 9.59 Å². The van der Waals surface area contributed by atoms with E-state index in [-0.39, 0.29) is 11.7 Å². The Morgan fingerprint density at radius 1 is 1.33 bits per heavy atom. The fraction of sp³-hybridized carbons (Fsp3) is 0.714. The van der Waals surface area contributed by atoms with Crippen molar-refractivity contribution in [1.29, 1.82) is 0 Å². The molecule has 0 aromatic rings. The van der Waals surface area contributed by atoms with Crippen LogP contribution in [0.1, 0.15) is 27.7 Å². The minimum absolute atomic E-state index is 0.167. The summed E-state index contributed by atoms with van der Waals surface area (Å²) in [5, 5.41) is 0. The van der Waals surface area contributed by atoms with E-state index in [4.69, 9.17) is 0 Å². The van der Waals surface area contributed by atoms with Crippen molar-refractivity contribution >= 4 is 12.1 Å². The summed E-state index contributed by atoms with van der Waals surface area (Å²) in [6.45, 7) is 6.76. The van der Waals surface area contributed by atoms with Gasteiger partial charge in [-0.15, -0.1) is 0 Å². The predicted octanol–water partition coefficient (Wildman–Crippen LogP) is 1.44. The Kier molecular flexibility index (Phi) is 9.12. The number of carbonyl (C=O) groups excluding carboxylic acids is 2. The summed E-state index contributed by atoms with van der Waals surface area (Å²) in [4.78, 5) is 18.9. The average Bonchev–Trinajstić information content (AvgIpc) is 1.65. The molecule has 2 heteroatoms. The Balaban J connectivity index is 0. The third-order valence-electron chi connectivity index (χ3n) is 0.272. The number of aldehydes is 1. The van der Waals surface area contributed by atoms with Gasteiger partial charge >= 0.3 is 0 Å². The van der Waals surface area contributed by atoms with Gasteiger partial charge in [0.15, 0.2) is 0 Å². The molecule has 0 radical (unpaired) electrons. The highest BCUT2D eigenvalue weighted by molar-refractivity contribution is 5.72. The molecule has 0 aromatic heterocycles. The van der Waals surface area contributed by atoms with E-state index in [1.807, 2.05) is 13.8 Å². The molecule has 54 valence electrons. The number of rotatable bonds is 1. The van der Waals surface area contributed by atoms with E-state index in [0.29, 0.717) is 0 Å². The molecule has 0 aliphatic carbocycles. The Hall–Kier alpha value is -0.660. The van der Waals surface area contributed by atoms with Gasteiger partial charge in [-0.3, -0.25) is 0 Å². The fourth-order valence-electron chi connectivity index (χ4n) is 0. The van der Waals surface area contributed by atoms with E-state index in [1.165, 1.54) is 13.8 Å². The van der Waals surface area contributed by atoms with Gasteiger partial charge in [-0.1, -0.05) is 13.8 Å². The van der Waals surface area contributed by atoms with Gasteiger partial charge in [0, 0.05) is 5.92 Å². The lowest BCUT2D eigenvalue weighted by molar-refractivity contribution is -0.115. The third-order valence-corrected chi connectivity index (χ3v) is 0.272. The molecule has 0 aromatic carbocycles. The standard InChI is InChI=1S/C4H8O.C3H6O/c1-4(2)3-5;1-3(2)4/h3-4H,1-2H3;1-2H3. The molecule has 2 nitrogen and oxygen atoms in total. The maximum Gasteiger partial charge on any atom is 0.126 e. The van der Waals surface area contributed by atoms with E-state index in [2.05, 4.69) is 0 Å². The van der Waals surface area contributed by atoms with Crippen molar-refractivity contribution in [3.63, 3.8) is 0 Å². The van der Waals surface area contributed by atoms with Crippen LogP contribution in [0, 0.1) is 5.92 Å². The van der Waals surface area contributed by atoms with Gasteiger partial charge < -0.3 is 9.59 Å². The monoisotopic (exact) mass is 130 g/mol. The van der Waals surface area contributed by atoms with E-state index < -0.39 is 0 Å². The second-order valence-corrected chi connectivity index (χ2v) is 2.29. The molecule has 0 saturated carbocycles. The van der Waals surface area contributed by atoms with Crippen molar-refractivity contribution in [1.82, 2.24) is 0 Å². The van der Waals surface area contributed by atoms with Crippen molar-refractivity contribution in [2.24, 2.45) is 5.92 Å². The fourth-order valence-corrected chi connectivity index (χ4v) is 0. The lowest BCUT2D eigenvalue weighted by Gasteiger charge is -1.78. The number of hydrogen-bond donors (Lipinski definition) is 0. The van der Waals surface area contributed by atoms with Gasteiger partial charge in [0.05, 0.1) is 0 Å². The third kappa shape index (κ3) is 117. The molecule has 0 aliphatic heterocycles. The Labute approximate surface area is 56.3 Å². The molecule has 0 saturated heterocycles. The zero-order valence-electron chi connectivity index (χ0n) is 6.47. The first kappa shape index (κ1) is 11.2. The molecule has 0 bridgehead atoms. The minimum atomic E-state index is 0.167. The second-order valence-electron chi connectivity index (χ2n) is 2.29. The van der Waals surface area contributed by atoms with Crippen LogP contribution in [0.4, 0.5) is 0 Å². The number of carbonyl (C=O) groups is 2.